The maximum atomic E-state index is 12.4. The summed E-state index contributed by atoms with van der Waals surface area (Å²) in [6, 6.07) is 9.67. The molecule has 1 heterocycles. The number of benzene rings is 1. The molecule has 1 amide bonds. The predicted molar refractivity (Wildman–Crippen MR) is 66.7 cm³/mol. The van der Waals surface area contributed by atoms with Gasteiger partial charge in [0.1, 0.15) is 6.23 Å². The second-order valence-corrected chi connectivity index (χ2v) is 4.55. The van der Waals surface area contributed by atoms with Gasteiger partial charge in [0.15, 0.2) is 0 Å². The molecule has 0 bridgehead atoms. The Morgan fingerprint density at radius 3 is 2.65 bits per heavy atom. The molecule has 1 fully saturated rings. The van der Waals surface area contributed by atoms with Crippen LogP contribution < -0.4 is 0 Å². The fourth-order valence-electron chi connectivity index (χ4n) is 2.44. The van der Waals surface area contributed by atoms with Crippen molar-refractivity contribution in [2.45, 2.75) is 38.5 Å². The molecule has 1 aromatic carbocycles. The van der Waals surface area contributed by atoms with Crippen LogP contribution in [0.3, 0.4) is 0 Å². The maximum Gasteiger partial charge on any atom is 0.256 e. The van der Waals surface area contributed by atoms with Crippen LogP contribution in [0.15, 0.2) is 30.3 Å². The van der Waals surface area contributed by atoms with Crippen LogP contribution in [0.2, 0.25) is 0 Å². The fraction of sp³-hybridized carbons (Fsp3) is 0.500. The van der Waals surface area contributed by atoms with E-state index in [1.807, 2.05) is 35.2 Å². The average molecular weight is 233 g/mol. The monoisotopic (exact) mass is 233 g/mol. The van der Waals surface area contributed by atoms with Gasteiger partial charge in [-0.05, 0) is 38.3 Å². The Bertz CT molecular complexity index is 377. The van der Waals surface area contributed by atoms with Crippen LogP contribution in [-0.2, 0) is 4.74 Å². The lowest BCUT2D eigenvalue weighted by molar-refractivity contribution is -0.0587. The molecule has 3 heteroatoms. The standard InChI is InChI=1S/C14H19NO2/c1-11-7-6-10-13(17-2)15(11)14(16)12-8-4-3-5-9-12/h3-5,8-9,11,13H,6-7,10H2,1-2H3/t11-,13-/m1/s1. The molecule has 0 aromatic heterocycles. The van der Waals surface area contributed by atoms with E-state index in [4.69, 9.17) is 4.74 Å². The van der Waals surface area contributed by atoms with Crippen molar-refractivity contribution < 1.29 is 9.53 Å². The van der Waals surface area contributed by atoms with E-state index >= 15 is 0 Å². The van der Waals surface area contributed by atoms with Gasteiger partial charge in [0.2, 0.25) is 0 Å². The number of piperidine rings is 1. The first kappa shape index (κ1) is 12.1. The van der Waals surface area contributed by atoms with E-state index in [9.17, 15) is 4.79 Å². The van der Waals surface area contributed by atoms with E-state index in [1.165, 1.54) is 0 Å². The van der Waals surface area contributed by atoms with Gasteiger partial charge in [0.25, 0.3) is 5.91 Å². The molecule has 3 nitrogen and oxygen atoms in total. The first-order valence-electron chi connectivity index (χ1n) is 6.14. The van der Waals surface area contributed by atoms with Gasteiger partial charge in [-0.25, -0.2) is 0 Å². The number of amides is 1. The van der Waals surface area contributed by atoms with Gasteiger partial charge in [0.05, 0.1) is 0 Å². The molecule has 0 radical (unpaired) electrons. The Morgan fingerprint density at radius 2 is 2.00 bits per heavy atom. The van der Waals surface area contributed by atoms with Crippen LogP contribution >= 0.6 is 0 Å². The summed E-state index contributed by atoms with van der Waals surface area (Å²) >= 11 is 0. The lowest BCUT2D eigenvalue weighted by Gasteiger charge is -2.39. The summed E-state index contributed by atoms with van der Waals surface area (Å²) in [5.41, 5.74) is 0.739. The molecule has 0 saturated carbocycles. The number of rotatable bonds is 2. The SMILES string of the molecule is CO[C@@H]1CCC[C@@H](C)N1C(=O)c1ccccc1. The number of nitrogens with zero attached hydrogens (tertiary/aromatic N) is 1. The van der Waals surface area contributed by atoms with Crippen LogP contribution in [0.25, 0.3) is 0 Å². The van der Waals surface area contributed by atoms with Crippen molar-refractivity contribution in [1.29, 1.82) is 0 Å². The van der Waals surface area contributed by atoms with Crippen molar-refractivity contribution in [3.8, 4) is 0 Å². The number of methoxy groups -OCH3 is 1. The number of likely N-dealkylation sites (tertiary alicyclic amines) is 1. The topological polar surface area (TPSA) is 29.5 Å². The third-order valence-electron chi connectivity index (χ3n) is 3.39. The molecule has 0 unspecified atom stereocenters. The van der Waals surface area contributed by atoms with Gasteiger partial charge in [-0.1, -0.05) is 18.2 Å². The quantitative estimate of drug-likeness (QED) is 0.786. The number of carbonyl (C=O) groups is 1. The molecule has 0 spiro atoms. The van der Waals surface area contributed by atoms with Crippen molar-refractivity contribution in [2.75, 3.05) is 7.11 Å². The molecular weight excluding hydrogens is 214 g/mol. The highest BCUT2D eigenvalue weighted by Crippen LogP contribution is 2.25. The summed E-state index contributed by atoms with van der Waals surface area (Å²) in [7, 11) is 1.67. The molecule has 92 valence electrons. The zero-order chi connectivity index (χ0) is 12.3. The summed E-state index contributed by atoms with van der Waals surface area (Å²) < 4.78 is 5.42. The molecule has 1 aliphatic rings. The van der Waals surface area contributed by atoms with E-state index in [0.29, 0.717) is 0 Å². The highest BCUT2D eigenvalue weighted by molar-refractivity contribution is 5.94. The first-order valence-corrected chi connectivity index (χ1v) is 6.14. The Morgan fingerprint density at radius 1 is 1.29 bits per heavy atom. The third-order valence-corrected chi connectivity index (χ3v) is 3.39. The van der Waals surface area contributed by atoms with E-state index in [-0.39, 0.29) is 18.2 Å². The molecule has 0 aliphatic carbocycles. The van der Waals surface area contributed by atoms with Crippen LogP contribution in [0.5, 0.6) is 0 Å². The van der Waals surface area contributed by atoms with Gasteiger partial charge < -0.3 is 9.64 Å². The molecule has 17 heavy (non-hydrogen) atoms. The van der Waals surface area contributed by atoms with E-state index in [1.54, 1.807) is 7.11 Å². The van der Waals surface area contributed by atoms with Gasteiger partial charge in [-0.15, -0.1) is 0 Å². The van der Waals surface area contributed by atoms with Gasteiger partial charge >= 0.3 is 0 Å². The minimum Gasteiger partial charge on any atom is -0.362 e. The van der Waals surface area contributed by atoms with Crippen molar-refractivity contribution in [3.63, 3.8) is 0 Å². The van der Waals surface area contributed by atoms with E-state index in [0.717, 1.165) is 24.8 Å². The molecule has 1 saturated heterocycles. The Hall–Kier alpha value is -1.35. The molecule has 1 aliphatic heterocycles. The molecule has 2 atom stereocenters. The second kappa shape index (κ2) is 5.32. The van der Waals surface area contributed by atoms with Crippen LogP contribution in [-0.4, -0.2) is 30.2 Å². The highest BCUT2D eigenvalue weighted by atomic mass is 16.5. The lowest BCUT2D eigenvalue weighted by Crippen LogP contribution is -2.49. The van der Waals surface area contributed by atoms with Crippen molar-refractivity contribution in [3.05, 3.63) is 35.9 Å². The summed E-state index contributed by atoms with van der Waals surface area (Å²) in [6.07, 6.45) is 3.03. The van der Waals surface area contributed by atoms with Crippen LogP contribution in [0, 0.1) is 0 Å². The maximum absolute atomic E-state index is 12.4. The van der Waals surface area contributed by atoms with E-state index in [2.05, 4.69) is 6.92 Å². The summed E-state index contributed by atoms with van der Waals surface area (Å²) in [5.74, 6) is 0.0738. The molecule has 0 N–H and O–H groups in total. The summed E-state index contributed by atoms with van der Waals surface area (Å²) in [5, 5.41) is 0. The largest absolute Gasteiger partial charge is 0.362 e. The zero-order valence-electron chi connectivity index (χ0n) is 10.4. The zero-order valence-corrected chi connectivity index (χ0v) is 10.4. The number of hydrogen-bond acceptors (Lipinski definition) is 2. The fourth-order valence-corrected chi connectivity index (χ4v) is 2.44. The van der Waals surface area contributed by atoms with Crippen LogP contribution in [0.1, 0.15) is 36.5 Å². The summed E-state index contributed by atoms with van der Waals surface area (Å²) in [4.78, 5) is 14.3. The Kier molecular flexibility index (Phi) is 3.79. The third kappa shape index (κ3) is 2.50. The Balaban J connectivity index is 2.21. The van der Waals surface area contributed by atoms with Crippen LogP contribution in [0.4, 0.5) is 0 Å². The number of carbonyl (C=O) groups excluding carboxylic acids is 1. The Labute approximate surface area is 102 Å². The van der Waals surface area contributed by atoms with E-state index < -0.39 is 0 Å². The van der Waals surface area contributed by atoms with Gasteiger partial charge in [0, 0.05) is 18.7 Å². The molecule has 2 rings (SSSR count). The summed E-state index contributed by atoms with van der Waals surface area (Å²) in [6.45, 7) is 2.09. The minimum atomic E-state index is -0.0774. The normalized spacial score (nSPS) is 24.7. The minimum absolute atomic E-state index is 0.0738. The van der Waals surface area contributed by atoms with Crippen molar-refractivity contribution in [2.24, 2.45) is 0 Å². The number of hydrogen-bond donors (Lipinski definition) is 0. The second-order valence-electron chi connectivity index (χ2n) is 4.55. The lowest BCUT2D eigenvalue weighted by atomic mass is 10.0. The number of ether oxygens (including phenoxy) is 1. The molecule has 1 aromatic rings. The average Bonchev–Trinajstić information content (AvgIpc) is 2.38. The van der Waals surface area contributed by atoms with Crippen molar-refractivity contribution in [1.82, 2.24) is 4.90 Å². The first-order chi connectivity index (χ1) is 8.24. The highest BCUT2D eigenvalue weighted by Gasteiger charge is 2.32. The smallest absolute Gasteiger partial charge is 0.256 e. The van der Waals surface area contributed by atoms with Gasteiger partial charge in [-0.2, -0.15) is 0 Å². The van der Waals surface area contributed by atoms with Gasteiger partial charge in [-0.3, -0.25) is 4.79 Å². The molecular formula is C14H19NO2. The predicted octanol–water partition coefficient (Wildman–Crippen LogP) is 2.67. The van der Waals surface area contributed by atoms with Crippen molar-refractivity contribution >= 4 is 5.91 Å².